The molecule has 0 saturated carbocycles. The quantitative estimate of drug-likeness (QED) is 0.478. The SMILES string of the molecule is CCCCC[C@H]1OC(=O)CC1C. The fourth-order valence-electron chi connectivity index (χ4n) is 1.67. The van der Waals surface area contributed by atoms with Crippen LogP contribution in [0.3, 0.4) is 0 Å². The Bertz CT molecular complexity index is 154. The molecule has 1 heterocycles. The van der Waals surface area contributed by atoms with Crippen molar-refractivity contribution in [1.29, 1.82) is 0 Å². The van der Waals surface area contributed by atoms with Crippen LogP contribution in [-0.2, 0) is 9.53 Å². The van der Waals surface area contributed by atoms with Gasteiger partial charge in [0.25, 0.3) is 0 Å². The predicted molar refractivity (Wildman–Crippen MR) is 47.8 cm³/mol. The Labute approximate surface area is 74.3 Å². The zero-order chi connectivity index (χ0) is 8.97. The van der Waals surface area contributed by atoms with Crippen LogP contribution < -0.4 is 0 Å². The third-order valence-electron chi connectivity index (χ3n) is 2.50. The first-order chi connectivity index (χ1) is 5.74. The van der Waals surface area contributed by atoms with E-state index in [-0.39, 0.29) is 12.1 Å². The van der Waals surface area contributed by atoms with E-state index >= 15 is 0 Å². The summed E-state index contributed by atoms with van der Waals surface area (Å²) in [4.78, 5) is 10.9. The first kappa shape index (κ1) is 9.56. The van der Waals surface area contributed by atoms with Crippen LogP contribution in [0.5, 0.6) is 0 Å². The Morgan fingerprint density at radius 1 is 1.50 bits per heavy atom. The van der Waals surface area contributed by atoms with Gasteiger partial charge < -0.3 is 4.74 Å². The molecule has 2 atom stereocenters. The molecule has 1 rings (SSSR count). The molecule has 70 valence electrons. The molecule has 1 unspecified atom stereocenters. The molecule has 0 aromatic rings. The lowest BCUT2D eigenvalue weighted by atomic mass is 9.99. The fraction of sp³-hybridized carbons (Fsp3) is 0.900. The highest BCUT2D eigenvalue weighted by Gasteiger charge is 2.30. The molecule has 0 radical (unpaired) electrons. The molecule has 0 amide bonds. The number of rotatable bonds is 4. The van der Waals surface area contributed by atoms with Crippen molar-refractivity contribution in [3.63, 3.8) is 0 Å². The van der Waals surface area contributed by atoms with Gasteiger partial charge in [-0.05, 0) is 12.8 Å². The van der Waals surface area contributed by atoms with E-state index in [0.29, 0.717) is 12.3 Å². The second-order valence-electron chi connectivity index (χ2n) is 3.71. The number of ether oxygens (including phenoxy) is 1. The van der Waals surface area contributed by atoms with Crippen molar-refractivity contribution in [2.75, 3.05) is 0 Å². The molecular weight excluding hydrogens is 152 g/mol. The zero-order valence-electron chi connectivity index (χ0n) is 8.01. The van der Waals surface area contributed by atoms with Gasteiger partial charge in [0.2, 0.25) is 0 Å². The normalized spacial score (nSPS) is 29.0. The minimum Gasteiger partial charge on any atom is -0.462 e. The summed E-state index contributed by atoms with van der Waals surface area (Å²) in [6, 6.07) is 0. The number of unbranched alkanes of at least 4 members (excludes halogenated alkanes) is 2. The van der Waals surface area contributed by atoms with Crippen molar-refractivity contribution in [3.8, 4) is 0 Å². The van der Waals surface area contributed by atoms with Crippen LogP contribution in [0, 0.1) is 5.92 Å². The summed E-state index contributed by atoms with van der Waals surface area (Å²) in [6.45, 7) is 4.28. The van der Waals surface area contributed by atoms with Crippen LogP contribution >= 0.6 is 0 Å². The van der Waals surface area contributed by atoms with Gasteiger partial charge in [0.05, 0.1) is 6.42 Å². The van der Waals surface area contributed by atoms with Crippen molar-refractivity contribution in [2.45, 2.75) is 52.1 Å². The monoisotopic (exact) mass is 170 g/mol. The van der Waals surface area contributed by atoms with Crippen molar-refractivity contribution >= 4 is 5.97 Å². The van der Waals surface area contributed by atoms with Crippen molar-refractivity contribution < 1.29 is 9.53 Å². The zero-order valence-corrected chi connectivity index (χ0v) is 8.01. The van der Waals surface area contributed by atoms with Crippen LogP contribution in [0.4, 0.5) is 0 Å². The molecule has 0 N–H and O–H groups in total. The number of carbonyl (C=O) groups is 1. The summed E-state index contributed by atoms with van der Waals surface area (Å²) < 4.78 is 5.18. The number of carbonyl (C=O) groups excluding carboxylic acids is 1. The van der Waals surface area contributed by atoms with E-state index in [0.717, 1.165) is 6.42 Å². The second kappa shape index (κ2) is 4.48. The van der Waals surface area contributed by atoms with E-state index in [9.17, 15) is 4.79 Å². The van der Waals surface area contributed by atoms with Gasteiger partial charge in [-0.1, -0.05) is 26.7 Å². The Hall–Kier alpha value is -0.530. The van der Waals surface area contributed by atoms with Crippen molar-refractivity contribution in [2.24, 2.45) is 5.92 Å². The summed E-state index contributed by atoms with van der Waals surface area (Å²) >= 11 is 0. The lowest BCUT2D eigenvalue weighted by Gasteiger charge is -2.12. The van der Waals surface area contributed by atoms with Gasteiger partial charge in [0.15, 0.2) is 0 Å². The van der Waals surface area contributed by atoms with Crippen molar-refractivity contribution in [3.05, 3.63) is 0 Å². The molecule has 1 aliphatic rings. The van der Waals surface area contributed by atoms with E-state index in [2.05, 4.69) is 13.8 Å². The Morgan fingerprint density at radius 3 is 2.75 bits per heavy atom. The van der Waals surface area contributed by atoms with Crippen LogP contribution in [0.15, 0.2) is 0 Å². The maximum Gasteiger partial charge on any atom is 0.306 e. The lowest BCUT2D eigenvalue weighted by Crippen LogP contribution is -2.12. The Kier molecular flexibility index (Phi) is 3.57. The molecule has 0 aromatic carbocycles. The smallest absolute Gasteiger partial charge is 0.306 e. The highest BCUT2D eigenvalue weighted by atomic mass is 16.5. The molecule has 1 fully saturated rings. The van der Waals surface area contributed by atoms with E-state index in [4.69, 9.17) is 4.74 Å². The highest BCUT2D eigenvalue weighted by molar-refractivity contribution is 5.71. The van der Waals surface area contributed by atoms with Gasteiger partial charge in [-0.3, -0.25) is 4.79 Å². The van der Waals surface area contributed by atoms with Gasteiger partial charge in [-0.25, -0.2) is 0 Å². The molecule has 0 spiro atoms. The minimum atomic E-state index is -0.0102. The van der Waals surface area contributed by atoms with Gasteiger partial charge in [0.1, 0.15) is 6.10 Å². The number of cyclic esters (lactones) is 1. The summed E-state index contributed by atoms with van der Waals surface area (Å²) in [7, 11) is 0. The summed E-state index contributed by atoms with van der Waals surface area (Å²) in [5.41, 5.74) is 0. The lowest BCUT2D eigenvalue weighted by molar-refractivity contribution is -0.141. The standard InChI is InChI=1S/C10H18O2/c1-3-4-5-6-9-8(2)7-10(11)12-9/h8-9H,3-7H2,1-2H3/t8?,9-/m1/s1. The number of hydrogen-bond acceptors (Lipinski definition) is 2. The molecule has 12 heavy (non-hydrogen) atoms. The van der Waals surface area contributed by atoms with E-state index in [1.165, 1.54) is 19.3 Å². The van der Waals surface area contributed by atoms with Crippen LogP contribution in [0.2, 0.25) is 0 Å². The first-order valence-corrected chi connectivity index (χ1v) is 4.93. The van der Waals surface area contributed by atoms with Crippen LogP contribution in [0.1, 0.15) is 46.0 Å². The van der Waals surface area contributed by atoms with Gasteiger partial charge in [-0.2, -0.15) is 0 Å². The second-order valence-corrected chi connectivity index (χ2v) is 3.71. The van der Waals surface area contributed by atoms with Gasteiger partial charge in [0, 0.05) is 5.92 Å². The molecule has 1 saturated heterocycles. The molecule has 0 bridgehead atoms. The fourth-order valence-corrected chi connectivity index (χ4v) is 1.67. The van der Waals surface area contributed by atoms with E-state index in [1.54, 1.807) is 0 Å². The number of esters is 1. The average molecular weight is 170 g/mol. The van der Waals surface area contributed by atoms with Crippen LogP contribution in [0.25, 0.3) is 0 Å². The molecule has 2 nitrogen and oxygen atoms in total. The van der Waals surface area contributed by atoms with Crippen molar-refractivity contribution in [1.82, 2.24) is 0 Å². The molecule has 0 aliphatic carbocycles. The van der Waals surface area contributed by atoms with Gasteiger partial charge >= 0.3 is 5.97 Å². The third-order valence-corrected chi connectivity index (χ3v) is 2.50. The summed E-state index contributed by atoms with van der Waals surface area (Å²) in [6.07, 6.45) is 5.57. The molecule has 1 aliphatic heterocycles. The Morgan fingerprint density at radius 2 is 2.25 bits per heavy atom. The minimum absolute atomic E-state index is 0.0102. The predicted octanol–water partition coefficient (Wildman–Crippen LogP) is 2.52. The van der Waals surface area contributed by atoms with Gasteiger partial charge in [-0.15, -0.1) is 0 Å². The number of hydrogen-bond donors (Lipinski definition) is 0. The maximum absolute atomic E-state index is 10.9. The molecule has 0 aromatic heterocycles. The molecule has 2 heteroatoms. The summed E-state index contributed by atoms with van der Waals surface area (Å²) in [5, 5.41) is 0. The summed E-state index contributed by atoms with van der Waals surface area (Å²) in [5.74, 6) is 0.429. The van der Waals surface area contributed by atoms with E-state index < -0.39 is 0 Å². The molecular formula is C10H18O2. The third kappa shape index (κ3) is 2.50. The topological polar surface area (TPSA) is 26.3 Å². The highest BCUT2D eigenvalue weighted by Crippen LogP contribution is 2.25. The maximum atomic E-state index is 10.9. The Balaban J connectivity index is 2.19. The largest absolute Gasteiger partial charge is 0.462 e. The first-order valence-electron chi connectivity index (χ1n) is 4.93. The van der Waals surface area contributed by atoms with Crippen LogP contribution in [-0.4, -0.2) is 12.1 Å². The van der Waals surface area contributed by atoms with E-state index in [1.807, 2.05) is 0 Å². The average Bonchev–Trinajstić information content (AvgIpc) is 2.31.